The van der Waals surface area contributed by atoms with Crippen molar-refractivity contribution in [1.82, 2.24) is 4.98 Å². The lowest BCUT2D eigenvalue weighted by Crippen LogP contribution is -2.19. The Morgan fingerprint density at radius 3 is 2.19 bits per heavy atom. The molecule has 4 heteroatoms. The van der Waals surface area contributed by atoms with Gasteiger partial charge in [0.15, 0.2) is 5.71 Å². The lowest BCUT2D eigenvalue weighted by molar-refractivity contribution is 0.106. The summed E-state index contributed by atoms with van der Waals surface area (Å²) in [5, 5.41) is 5.42. The number of hydrogen-bond acceptors (Lipinski definition) is 4. The van der Waals surface area contributed by atoms with Gasteiger partial charge >= 0.3 is 0 Å². The van der Waals surface area contributed by atoms with Crippen molar-refractivity contribution in [2.45, 2.75) is 0 Å². The van der Waals surface area contributed by atoms with E-state index in [1.165, 1.54) is 0 Å². The highest BCUT2D eigenvalue weighted by Crippen LogP contribution is 2.15. The number of carbonyl (C=O) groups is 1. The zero-order valence-electron chi connectivity index (χ0n) is 14.5. The average molecular weight is 351 g/mol. The molecule has 0 aliphatic rings. The average Bonchev–Trinajstić information content (AvgIpc) is 2.75. The normalized spacial score (nSPS) is 11.3. The topological polar surface area (TPSA) is 54.4 Å². The van der Waals surface area contributed by atoms with E-state index in [9.17, 15) is 4.79 Å². The Balaban J connectivity index is 1.77. The number of nitrogens with zero attached hydrogens (tertiary/aromatic N) is 2. The van der Waals surface area contributed by atoms with E-state index in [1.807, 2.05) is 84.9 Å². The number of aromatic nitrogens is 1. The summed E-state index contributed by atoms with van der Waals surface area (Å²) in [5.74, 6) is -0.179. The second-order valence-corrected chi connectivity index (χ2v) is 6.02. The van der Waals surface area contributed by atoms with Gasteiger partial charge in [-0.2, -0.15) is 5.10 Å². The highest BCUT2D eigenvalue weighted by molar-refractivity contribution is 6.51. The van der Waals surface area contributed by atoms with E-state index in [2.05, 4.69) is 15.5 Å². The molecule has 4 nitrogen and oxygen atoms in total. The van der Waals surface area contributed by atoms with Gasteiger partial charge in [-0.25, -0.2) is 4.98 Å². The quantitative estimate of drug-likeness (QED) is 0.315. The van der Waals surface area contributed by atoms with E-state index >= 15 is 0 Å². The molecule has 0 unspecified atom stereocenters. The number of fused-ring (bicyclic) bond motifs is 1. The van der Waals surface area contributed by atoms with Crippen LogP contribution < -0.4 is 5.43 Å². The van der Waals surface area contributed by atoms with E-state index in [-0.39, 0.29) is 11.5 Å². The number of pyridine rings is 1. The number of carbonyl (C=O) groups excluding carboxylic acids is 1. The third-order valence-corrected chi connectivity index (χ3v) is 4.16. The fourth-order valence-electron chi connectivity index (χ4n) is 2.78. The van der Waals surface area contributed by atoms with E-state index in [1.54, 1.807) is 12.1 Å². The van der Waals surface area contributed by atoms with Gasteiger partial charge in [-0.05, 0) is 24.3 Å². The second-order valence-electron chi connectivity index (χ2n) is 6.02. The lowest BCUT2D eigenvalue weighted by atomic mass is 10.0. The highest BCUT2D eigenvalue weighted by atomic mass is 16.1. The molecular formula is C23H17N3O. The molecule has 27 heavy (non-hydrogen) atoms. The van der Waals surface area contributed by atoms with Crippen LogP contribution in [-0.2, 0) is 0 Å². The third-order valence-electron chi connectivity index (χ3n) is 4.16. The minimum Gasteiger partial charge on any atom is -0.287 e. The van der Waals surface area contributed by atoms with Crippen LogP contribution in [0.15, 0.2) is 102 Å². The predicted octanol–water partition coefficient (Wildman–Crippen LogP) is 4.93. The van der Waals surface area contributed by atoms with Crippen LogP contribution in [0.5, 0.6) is 0 Å². The van der Waals surface area contributed by atoms with Gasteiger partial charge in [0, 0.05) is 10.9 Å². The van der Waals surface area contributed by atoms with Crippen molar-refractivity contribution in [3.05, 3.63) is 108 Å². The maximum atomic E-state index is 13.1. The van der Waals surface area contributed by atoms with Crippen LogP contribution in [0.2, 0.25) is 0 Å². The van der Waals surface area contributed by atoms with E-state index in [0.717, 1.165) is 16.6 Å². The standard InChI is InChI=1S/C23H17N3O/c27-23(18-10-3-1-4-11-18)22(26-25-19-12-5-2-6-13-19)21-16-15-17-9-7-8-14-20(17)24-21/h1-16,25H. The van der Waals surface area contributed by atoms with Crippen molar-refractivity contribution in [2.75, 3.05) is 5.43 Å². The van der Waals surface area contributed by atoms with Crippen LogP contribution in [0, 0.1) is 0 Å². The number of anilines is 1. The summed E-state index contributed by atoms with van der Waals surface area (Å²) < 4.78 is 0. The van der Waals surface area contributed by atoms with Gasteiger partial charge in [-0.15, -0.1) is 0 Å². The minimum atomic E-state index is -0.179. The van der Waals surface area contributed by atoms with Crippen molar-refractivity contribution in [1.29, 1.82) is 0 Å². The molecule has 1 heterocycles. The summed E-state index contributed by atoms with van der Waals surface area (Å²) in [6, 6.07) is 30.2. The number of ketones is 1. The lowest BCUT2D eigenvalue weighted by Gasteiger charge is -2.08. The molecule has 0 aliphatic carbocycles. The number of rotatable bonds is 5. The second kappa shape index (κ2) is 7.62. The molecule has 0 spiro atoms. The summed E-state index contributed by atoms with van der Waals surface area (Å²) >= 11 is 0. The van der Waals surface area contributed by atoms with Gasteiger partial charge < -0.3 is 0 Å². The first kappa shape index (κ1) is 16.7. The van der Waals surface area contributed by atoms with Crippen LogP contribution in [0.3, 0.4) is 0 Å². The smallest absolute Gasteiger partial charge is 0.215 e. The molecule has 0 saturated carbocycles. The molecule has 0 amide bonds. The van der Waals surface area contributed by atoms with Gasteiger partial charge in [0.1, 0.15) is 0 Å². The Morgan fingerprint density at radius 2 is 1.41 bits per heavy atom. The van der Waals surface area contributed by atoms with Crippen molar-refractivity contribution in [2.24, 2.45) is 5.10 Å². The van der Waals surface area contributed by atoms with Crippen LogP contribution in [0.4, 0.5) is 5.69 Å². The first-order valence-electron chi connectivity index (χ1n) is 8.66. The fourth-order valence-corrected chi connectivity index (χ4v) is 2.78. The van der Waals surface area contributed by atoms with Gasteiger partial charge in [0.05, 0.1) is 16.9 Å². The highest BCUT2D eigenvalue weighted by Gasteiger charge is 2.18. The van der Waals surface area contributed by atoms with Crippen LogP contribution in [0.25, 0.3) is 10.9 Å². The first-order chi connectivity index (χ1) is 13.3. The molecule has 0 fully saturated rings. The third kappa shape index (κ3) is 3.75. The Kier molecular flexibility index (Phi) is 4.70. The maximum Gasteiger partial charge on any atom is 0.215 e. The fraction of sp³-hybridized carbons (Fsp3) is 0. The van der Waals surface area contributed by atoms with Crippen molar-refractivity contribution in [3.8, 4) is 0 Å². The van der Waals surface area contributed by atoms with Gasteiger partial charge in [0.2, 0.25) is 5.78 Å². The maximum absolute atomic E-state index is 13.1. The summed E-state index contributed by atoms with van der Waals surface area (Å²) in [6.45, 7) is 0. The van der Waals surface area contributed by atoms with Crippen LogP contribution in [-0.4, -0.2) is 16.5 Å². The molecule has 0 radical (unpaired) electrons. The molecule has 0 bridgehead atoms. The Bertz CT molecular complexity index is 1110. The molecule has 0 atom stereocenters. The zero-order valence-corrected chi connectivity index (χ0v) is 14.5. The molecule has 3 aromatic carbocycles. The van der Waals surface area contributed by atoms with Crippen molar-refractivity contribution in [3.63, 3.8) is 0 Å². The van der Waals surface area contributed by atoms with Gasteiger partial charge in [-0.1, -0.05) is 72.8 Å². The van der Waals surface area contributed by atoms with Crippen LogP contribution in [0.1, 0.15) is 16.1 Å². The summed E-state index contributed by atoms with van der Waals surface area (Å²) in [7, 11) is 0. The van der Waals surface area contributed by atoms with Crippen molar-refractivity contribution >= 4 is 28.1 Å². The molecule has 4 aromatic rings. The monoisotopic (exact) mass is 351 g/mol. The van der Waals surface area contributed by atoms with E-state index in [0.29, 0.717) is 11.3 Å². The first-order valence-corrected chi connectivity index (χ1v) is 8.66. The SMILES string of the molecule is O=C(C(=NNc1ccccc1)c1ccc2ccccc2n1)c1ccccc1. The minimum absolute atomic E-state index is 0.179. The molecular weight excluding hydrogens is 334 g/mol. The molecule has 1 aromatic heterocycles. The molecule has 130 valence electrons. The molecule has 0 aliphatic heterocycles. The number of benzene rings is 3. The van der Waals surface area contributed by atoms with Crippen LogP contribution >= 0.6 is 0 Å². The van der Waals surface area contributed by atoms with Gasteiger partial charge in [-0.3, -0.25) is 10.2 Å². The Morgan fingerprint density at radius 1 is 0.741 bits per heavy atom. The summed E-state index contributed by atoms with van der Waals surface area (Å²) in [5.41, 5.74) is 5.97. The zero-order chi connectivity index (χ0) is 18.5. The number of para-hydroxylation sites is 2. The number of Topliss-reactive ketones (excluding diaryl/α,β-unsaturated/α-hetero) is 1. The molecule has 1 N–H and O–H groups in total. The predicted molar refractivity (Wildman–Crippen MR) is 109 cm³/mol. The summed E-state index contributed by atoms with van der Waals surface area (Å²) in [6.07, 6.45) is 0. The van der Waals surface area contributed by atoms with Crippen molar-refractivity contribution < 1.29 is 4.79 Å². The number of hydrazone groups is 1. The largest absolute Gasteiger partial charge is 0.287 e. The van der Waals surface area contributed by atoms with Gasteiger partial charge in [0.25, 0.3) is 0 Å². The Labute approximate surface area is 157 Å². The number of hydrogen-bond donors (Lipinski definition) is 1. The van der Waals surface area contributed by atoms with E-state index < -0.39 is 0 Å². The summed E-state index contributed by atoms with van der Waals surface area (Å²) in [4.78, 5) is 17.7. The number of nitrogens with one attached hydrogen (secondary N) is 1. The molecule has 4 rings (SSSR count). The molecule has 0 saturated heterocycles. The Hall–Kier alpha value is -3.79. The van der Waals surface area contributed by atoms with E-state index in [4.69, 9.17) is 0 Å².